The summed E-state index contributed by atoms with van der Waals surface area (Å²) in [5.74, 6) is 0.167. The van der Waals surface area contributed by atoms with Gasteiger partial charge in [-0.1, -0.05) is 23.5 Å². The molecule has 1 aromatic carbocycles. The Morgan fingerprint density at radius 1 is 1.39 bits per heavy atom. The fourth-order valence-corrected chi connectivity index (χ4v) is 3.41. The second-order valence-corrected chi connectivity index (χ2v) is 8.25. The molecule has 1 atom stereocenters. The molecule has 0 unspecified atom stereocenters. The molecule has 1 N–H and O–H groups in total. The van der Waals surface area contributed by atoms with Gasteiger partial charge in [-0.15, -0.1) is 5.10 Å². The molecule has 1 heterocycles. The smallest absolute Gasteiger partial charge is 0.276 e. The van der Waals surface area contributed by atoms with E-state index in [-0.39, 0.29) is 29.1 Å². The fourth-order valence-electron chi connectivity index (χ4n) is 2.98. The van der Waals surface area contributed by atoms with Crippen molar-refractivity contribution >= 4 is 23.3 Å². The van der Waals surface area contributed by atoms with Gasteiger partial charge < -0.3 is 15.0 Å². The number of hydrogen-bond acceptors (Lipinski definition) is 6. The molecular formula is C20H26N4O3S. The predicted molar refractivity (Wildman–Crippen MR) is 107 cm³/mol. The van der Waals surface area contributed by atoms with Crippen LogP contribution in [0.25, 0.3) is 0 Å². The Morgan fingerprint density at radius 2 is 2.14 bits per heavy atom. The van der Waals surface area contributed by atoms with E-state index in [2.05, 4.69) is 14.9 Å². The summed E-state index contributed by atoms with van der Waals surface area (Å²) < 4.78 is 9.15. The van der Waals surface area contributed by atoms with Crippen LogP contribution in [-0.4, -0.2) is 45.0 Å². The Labute approximate surface area is 169 Å². The normalized spacial score (nSPS) is 15.0. The minimum absolute atomic E-state index is 0.0147. The number of methoxy groups -OCH3 is 1. The molecule has 2 aromatic rings. The van der Waals surface area contributed by atoms with Crippen molar-refractivity contribution in [3.63, 3.8) is 0 Å². The van der Waals surface area contributed by atoms with Crippen LogP contribution in [0.5, 0.6) is 5.75 Å². The summed E-state index contributed by atoms with van der Waals surface area (Å²) in [5.41, 5.74) is 0.605. The van der Waals surface area contributed by atoms with Gasteiger partial charge in [0.15, 0.2) is 5.69 Å². The predicted octanol–water partition coefficient (Wildman–Crippen LogP) is 3.20. The number of amides is 2. The van der Waals surface area contributed by atoms with Crippen LogP contribution in [-0.2, 0) is 4.79 Å². The number of rotatable bonds is 8. The molecule has 1 aromatic heterocycles. The third-order valence-electron chi connectivity index (χ3n) is 5.04. The van der Waals surface area contributed by atoms with Crippen molar-refractivity contribution in [2.24, 2.45) is 0 Å². The quantitative estimate of drug-likeness (QED) is 0.733. The van der Waals surface area contributed by atoms with E-state index in [0.717, 1.165) is 30.8 Å². The molecule has 3 rings (SSSR count). The summed E-state index contributed by atoms with van der Waals surface area (Å²) in [4.78, 5) is 28.3. The van der Waals surface area contributed by atoms with Crippen molar-refractivity contribution < 1.29 is 14.3 Å². The van der Waals surface area contributed by atoms with Crippen molar-refractivity contribution in [3.05, 3.63) is 40.9 Å². The van der Waals surface area contributed by atoms with E-state index in [9.17, 15) is 9.59 Å². The molecule has 8 heteroatoms. The van der Waals surface area contributed by atoms with E-state index < -0.39 is 6.04 Å². The van der Waals surface area contributed by atoms with Crippen molar-refractivity contribution in [2.75, 3.05) is 7.11 Å². The zero-order valence-corrected chi connectivity index (χ0v) is 17.5. The monoisotopic (exact) mass is 402 g/mol. The summed E-state index contributed by atoms with van der Waals surface area (Å²) in [7, 11) is 1.58. The number of carbonyl (C=O) groups excluding carboxylic acids is 2. The topological polar surface area (TPSA) is 84.4 Å². The van der Waals surface area contributed by atoms with Gasteiger partial charge in [-0.05, 0) is 62.3 Å². The largest absolute Gasteiger partial charge is 0.497 e. The molecule has 7 nitrogen and oxygen atoms in total. The first kappa shape index (κ1) is 20.3. The molecule has 150 valence electrons. The Hall–Kier alpha value is -2.48. The summed E-state index contributed by atoms with van der Waals surface area (Å²) in [6.07, 6.45) is 2.51. The maximum atomic E-state index is 13.4. The van der Waals surface area contributed by atoms with Gasteiger partial charge in [0, 0.05) is 17.0 Å². The van der Waals surface area contributed by atoms with Crippen LogP contribution >= 0.6 is 11.5 Å². The van der Waals surface area contributed by atoms with Crippen LogP contribution < -0.4 is 10.1 Å². The molecule has 28 heavy (non-hydrogen) atoms. The minimum atomic E-state index is -0.761. The molecule has 1 aliphatic carbocycles. The van der Waals surface area contributed by atoms with Crippen LogP contribution in [0.1, 0.15) is 62.1 Å². The molecule has 0 radical (unpaired) electrons. The molecule has 1 saturated carbocycles. The highest BCUT2D eigenvalue weighted by Crippen LogP contribution is 2.37. The SMILES string of the molecule is CCC(C)(C)NC(=O)[C@H](c1cccc(OC)c1)N(C(=O)c1csnn1)C1CC1. The van der Waals surface area contributed by atoms with E-state index in [1.165, 1.54) is 0 Å². The average Bonchev–Trinajstić information content (AvgIpc) is 3.37. The lowest BCUT2D eigenvalue weighted by Gasteiger charge is -2.34. The number of hydrogen-bond donors (Lipinski definition) is 1. The molecule has 2 amide bonds. The summed E-state index contributed by atoms with van der Waals surface area (Å²) in [5, 5.41) is 8.65. The number of nitrogens with one attached hydrogen (secondary N) is 1. The van der Waals surface area contributed by atoms with Gasteiger partial charge in [0.1, 0.15) is 11.8 Å². The van der Waals surface area contributed by atoms with E-state index in [1.54, 1.807) is 17.4 Å². The van der Waals surface area contributed by atoms with Crippen molar-refractivity contribution in [3.8, 4) is 5.75 Å². The maximum Gasteiger partial charge on any atom is 0.276 e. The van der Waals surface area contributed by atoms with Crippen molar-refractivity contribution in [1.29, 1.82) is 0 Å². The number of carbonyl (C=O) groups is 2. The lowest BCUT2D eigenvalue weighted by molar-refractivity contribution is -0.127. The van der Waals surface area contributed by atoms with Crippen molar-refractivity contribution in [2.45, 2.75) is 57.7 Å². The van der Waals surface area contributed by atoms with Gasteiger partial charge >= 0.3 is 0 Å². The highest BCUT2D eigenvalue weighted by atomic mass is 32.1. The van der Waals surface area contributed by atoms with Gasteiger partial charge in [-0.25, -0.2) is 0 Å². The van der Waals surface area contributed by atoms with Gasteiger partial charge in [0.05, 0.1) is 7.11 Å². The van der Waals surface area contributed by atoms with Crippen LogP contribution in [0.2, 0.25) is 0 Å². The van der Waals surface area contributed by atoms with E-state index in [4.69, 9.17) is 4.74 Å². The first-order valence-electron chi connectivity index (χ1n) is 9.42. The number of benzene rings is 1. The zero-order chi connectivity index (χ0) is 20.3. The van der Waals surface area contributed by atoms with Gasteiger partial charge in [0.2, 0.25) is 5.91 Å². The van der Waals surface area contributed by atoms with Crippen LogP contribution in [0.3, 0.4) is 0 Å². The zero-order valence-electron chi connectivity index (χ0n) is 16.6. The lowest BCUT2D eigenvalue weighted by Crippen LogP contribution is -2.51. The highest BCUT2D eigenvalue weighted by Gasteiger charge is 2.43. The Kier molecular flexibility index (Phi) is 5.98. The maximum absolute atomic E-state index is 13.4. The lowest BCUT2D eigenvalue weighted by atomic mass is 9.98. The number of aromatic nitrogens is 2. The van der Waals surface area contributed by atoms with Crippen LogP contribution in [0.4, 0.5) is 0 Å². The highest BCUT2D eigenvalue weighted by molar-refractivity contribution is 7.03. The van der Waals surface area contributed by atoms with Crippen LogP contribution in [0.15, 0.2) is 29.6 Å². The van der Waals surface area contributed by atoms with E-state index in [0.29, 0.717) is 11.3 Å². The minimum Gasteiger partial charge on any atom is -0.497 e. The third kappa shape index (κ3) is 4.49. The Balaban J connectivity index is 2.02. The second kappa shape index (κ2) is 8.26. The molecule has 1 fully saturated rings. The van der Waals surface area contributed by atoms with Crippen LogP contribution in [0, 0.1) is 0 Å². The Bertz CT molecular complexity index is 834. The van der Waals surface area contributed by atoms with E-state index >= 15 is 0 Å². The first-order valence-corrected chi connectivity index (χ1v) is 10.3. The standard InChI is InChI=1S/C20H26N4O3S/c1-5-20(2,3)21-18(25)17(13-7-6-8-15(11-13)27-4)24(14-9-10-14)19(26)16-12-28-23-22-16/h6-8,11-12,14,17H,5,9-10H2,1-4H3,(H,21,25)/t17-/m0/s1. The summed E-state index contributed by atoms with van der Waals surface area (Å²) in [6.45, 7) is 5.97. The molecule has 0 aliphatic heterocycles. The number of ether oxygens (including phenoxy) is 1. The molecule has 0 spiro atoms. The van der Waals surface area contributed by atoms with Gasteiger partial charge in [-0.3, -0.25) is 9.59 Å². The molecule has 1 aliphatic rings. The summed E-state index contributed by atoms with van der Waals surface area (Å²) >= 11 is 1.12. The third-order valence-corrected chi connectivity index (χ3v) is 5.54. The molecule has 0 bridgehead atoms. The van der Waals surface area contributed by atoms with Crippen molar-refractivity contribution in [1.82, 2.24) is 19.8 Å². The average molecular weight is 403 g/mol. The second-order valence-electron chi connectivity index (χ2n) is 7.64. The molecule has 0 saturated heterocycles. The first-order chi connectivity index (χ1) is 13.4. The van der Waals surface area contributed by atoms with E-state index in [1.807, 2.05) is 45.0 Å². The summed E-state index contributed by atoms with van der Waals surface area (Å²) in [6, 6.07) is 6.57. The fraction of sp³-hybridized carbons (Fsp3) is 0.500. The molecular weight excluding hydrogens is 376 g/mol. The number of nitrogens with zero attached hydrogens (tertiary/aromatic N) is 3. The Morgan fingerprint density at radius 3 is 2.71 bits per heavy atom. The van der Waals surface area contributed by atoms with Gasteiger partial charge in [0.25, 0.3) is 5.91 Å². The van der Waals surface area contributed by atoms with Gasteiger partial charge in [-0.2, -0.15) is 0 Å².